The van der Waals surface area contributed by atoms with Gasteiger partial charge in [-0.1, -0.05) is 46.3 Å². The topological polar surface area (TPSA) is 64.3 Å². The minimum atomic E-state index is -0.319. The normalized spacial score (nSPS) is 11.8. The average Bonchev–Trinajstić information content (AvgIpc) is 2.47. The maximum absolute atomic E-state index is 12.1. The van der Waals surface area contributed by atoms with Crippen LogP contribution in [-0.4, -0.2) is 13.0 Å². The molecule has 0 saturated carbocycles. The molecule has 2 aromatic rings. The second-order valence-corrected chi connectivity index (χ2v) is 5.56. The van der Waals surface area contributed by atoms with Crippen LogP contribution in [0.5, 0.6) is 5.75 Å². The number of rotatable bonds is 5. The molecule has 2 rings (SSSR count). The summed E-state index contributed by atoms with van der Waals surface area (Å²) in [5.41, 5.74) is 7.66. The van der Waals surface area contributed by atoms with E-state index in [1.807, 2.05) is 42.5 Å². The van der Waals surface area contributed by atoms with Gasteiger partial charge in [0.05, 0.1) is 7.11 Å². The van der Waals surface area contributed by atoms with Crippen molar-refractivity contribution in [3.05, 3.63) is 58.6 Å². The van der Waals surface area contributed by atoms with Crippen LogP contribution in [0.4, 0.5) is 5.69 Å². The maximum atomic E-state index is 12.1. The summed E-state index contributed by atoms with van der Waals surface area (Å²) < 4.78 is 6.00. The number of carbonyl (C=O) groups excluding carboxylic acids is 1. The average molecular weight is 349 g/mol. The Morgan fingerprint density at radius 2 is 2.00 bits per heavy atom. The van der Waals surface area contributed by atoms with Crippen LogP contribution in [0.1, 0.15) is 18.0 Å². The number of hydrogen-bond acceptors (Lipinski definition) is 3. The van der Waals surface area contributed by atoms with E-state index in [1.165, 1.54) is 0 Å². The quantitative estimate of drug-likeness (QED) is 0.869. The Bertz CT molecular complexity index is 617. The summed E-state index contributed by atoms with van der Waals surface area (Å²) in [5, 5.41) is 2.83. The number of anilines is 1. The molecule has 0 saturated heterocycles. The molecule has 2 aromatic carbocycles. The lowest BCUT2D eigenvalue weighted by molar-refractivity contribution is -0.116. The van der Waals surface area contributed by atoms with E-state index >= 15 is 0 Å². The van der Waals surface area contributed by atoms with E-state index < -0.39 is 0 Å². The van der Waals surface area contributed by atoms with E-state index in [4.69, 9.17) is 10.5 Å². The highest BCUT2D eigenvalue weighted by Gasteiger charge is 2.12. The van der Waals surface area contributed by atoms with Crippen molar-refractivity contribution in [3.8, 4) is 5.75 Å². The molecule has 0 fully saturated rings. The van der Waals surface area contributed by atoms with Crippen molar-refractivity contribution in [1.82, 2.24) is 0 Å². The Hall–Kier alpha value is -1.85. The molecule has 0 radical (unpaired) electrons. The number of halogens is 1. The number of benzene rings is 2. The first-order valence-corrected chi connectivity index (χ1v) is 7.33. The van der Waals surface area contributed by atoms with Gasteiger partial charge >= 0.3 is 0 Å². The van der Waals surface area contributed by atoms with Crippen LogP contribution >= 0.6 is 15.9 Å². The highest BCUT2D eigenvalue weighted by atomic mass is 79.9. The van der Waals surface area contributed by atoms with Crippen molar-refractivity contribution in [2.24, 2.45) is 5.73 Å². The van der Waals surface area contributed by atoms with Crippen LogP contribution in [0.3, 0.4) is 0 Å². The lowest BCUT2D eigenvalue weighted by Crippen LogP contribution is -2.20. The van der Waals surface area contributed by atoms with E-state index in [0.717, 1.165) is 10.0 Å². The second-order valence-electron chi connectivity index (χ2n) is 4.65. The van der Waals surface area contributed by atoms with Crippen LogP contribution in [-0.2, 0) is 4.79 Å². The third-order valence-corrected chi connectivity index (χ3v) is 3.48. The summed E-state index contributed by atoms with van der Waals surface area (Å²) in [6.45, 7) is 0. The molecule has 1 amide bonds. The summed E-state index contributed by atoms with van der Waals surface area (Å²) in [6, 6.07) is 14.7. The third kappa shape index (κ3) is 4.58. The first-order chi connectivity index (χ1) is 10.1. The zero-order chi connectivity index (χ0) is 15.2. The molecule has 0 spiro atoms. The maximum Gasteiger partial charge on any atom is 0.226 e. The molecular formula is C16H17BrN2O2. The number of nitrogens with one attached hydrogen (secondary N) is 1. The zero-order valence-corrected chi connectivity index (χ0v) is 13.3. The molecule has 0 heterocycles. The van der Waals surface area contributed by atoms with Crippen molar-refractivity contribution in [1.29, 1.82) is 0 Å². The molecule has 4 nitrogen and oxygen atoms in total. The van der Waals surface area contributed by atoms with Crippen molar-refractivity contribution in [2.75, 3.05) is 12.4 Å². The summed E-state index contributed by atoms with van der Waals surface area (Å²) in [7, 11) is 1.58. The van der Waals surface area contributed by atoms with Gasteiger partial charge in [0.2, 0.25) is 5.91 Å². The van der Waals surface area contributed by atoms with E-state index in [0.29, 0.717) is 11.4 Å². The van der Waals surface area contributed by atoms with Gasteiger partial charge in [0, 0.05) is 28.7 Å². The summed E-state index contributed by atoms with van der Waals surface area (Å²) >= 11 is 3.38. The van der Waals surface area contributed by atoms with Gasteiger partial charge in [-0.25, -0.2) is 0 Å². The predicted octanol–water partition coefficient (Wildman–Crippen LogP) is 3.49. The molecule has 21 heavy (non-hydrogen) atoms. The predicted molar refractivity (Wildman–Crippen MR) is 87.3 cm³/mol. The smallest absolute Gasteiger partial charge is 0.226 e. The fourth-order valence-corrected chi connectivity index (χ4v) is 2.45. The van der Waals surface area contributed by atoms with Crippen LogP contribution in [0.2, 0.25) is 0 Å². The zero-order valence-electron chi connectivity index (χ0n) is 11.7. The fourth-order valence-electron chi connectivity index (χ4n) is 1.98. The van der Waals surface area contributed by atoms with Gasteiger partial charge in [-0.2, -0.15) is 0 Å². The number of carbonyl (C=O) groups is 1. The monoisotopic (exact) mass is 348 g/mol. The minimum absolute atomic E-state index is 0.133. The van der Waals surface area contributed by atoms with Crippen LogP contribution in [0.25, 0.3) is 0 Å². The van der Waals surface area contributed by atoms with Gasteiger partial charge in [0.15, 0.2) is 0 Å². The molecule has 0 aliphatic heterocycles. The van der Waals surface area contributed by atoms with Gasteiger partial charge < -0.3 is 15.8 Å². The number of hydrogen-bond donors (Lipinski definition) is 2. The van der Waals surface area contributed by atoms with Crippen LogP contribution in [0.15, 0.2) is 53.0 Å². The Labute approximate surface area is 132 Å². The van der Waals surface area contributed by atoms with Crippen molar-refractivity contribution < 1.29 is 9.53 Å². The summed E-state index contributed by atoms with van der Waals surface area (Å²) in [5.74, 6) is 0.540. The van der Waals surface area contributed by atoms with E-state index in [1.54, 1.807) is 13.2 Å². The lowest BCUT2D eigenvalue weighted by Gasteiger charge is -2.13. The Balaban J connectivity index is 2.00. The Morgan fingerprint density at radius 3 is 2.67 bits per heavy atom. The number of methoxy groups -OCH3 is 1. The molecule has 0 aliphatic rings. The standard InChI is InChI=1S/C16H17BrN2O2/c1-21-14-8-12(17)7-13(9-14)19-16(20)10-15(18)11-5-3-2-4-6-11/h2-9,15H,10,18H2,1H3,(H,19,20). The first-order valence-electron chi connectivity index (χ1n) is 6.53. The SMILES string of the molecule is COc1cc(Br)cc(NC(=O)CC(N)c2ccccc2)c1. The van der Waals surface area contributed by atoms with E-state index in [2.05, 4.69) is 21.2 Å². The fraction of sp³-hybridized carbons (Fsp3) is 0.188. The Morgan fingerprint density at radius 1 is 1.29 bits per heavy atom. The molecule has 0 aliphatic carbocycles. The molecule has 110 valence electrons. The van der Waals surface area contributed by atoms with Gasteiger partial charge in [0.1, 0.15) is 5.75 Å². The van der Waals surface area contributed by atoms with Crippen molar-refractivity contribution in [2.45, 2.75) is 12.5 Å². The van der Waals surface area contributed by atoms with E-state index in [9.17, 15) is 4.79 Å². The van der Waals surface area contributed by atoms with Gasteiger partial charge in [-0.05, 0) is 17.7 Å². The number of ether oxygens (including phenoxy) is 1. The molecule has 1 atom stereocenters. The highest BCUT2D eigenvalue weighted by Crippen LogP contribution is 2.25. The molecule has 0 bridgehead atoms. The second kappa shape index (κ2) is 7.24. The first kappa shape index (κ1) is 15.5. The van der Waals surface area contributed by atoms with Crippen LogP contribution in [0, 0.1) is 0 Å². The number of nitrogens with two attached hydrogens (primary N) is 1. The Kier molecular flexibility index (Phi) is 5.36. The molecule has 0 aromatic heterocycles. The van der Waals surface area contributed by atoms with Gasteiger partial charge in [-0.15, -0.1) is 0 Å². The van der Waals surface area contributed by atoms with Crippen molar-refractivity contribution in [3.63, 3.8) is 0 Å². The highest BCUT2D eigenvalue weighted by molar-refractivity contribution is 9.10. The summed E-state index contributed by atoms with van der Waals surface area (Å²) in [4.78, 5) is 12.1. The largest absolute Gasteiger partial charge is 0.497 e. The third-order valence-electron chi connectivity index (χ3n) is 3.02. The van der Waals surface area contributed by atoms with E-state index in [-0.39, 0.29) is 18.4 Å². The van der Waals surface area contributed by atoms with Gasteiger partial charge in [-0.3, -0.25) is 4.79 Å². The number of amides is 1. The minimum Gasteiger partial charge on any atom is -0.497 e. The molecule has 3 N–H and O–H groups in total. The molecule has 5 heteroatoms. The molecular weight excluding hydrogens is 332 g/mol. The van der Waals surface area contributed by atoms with Crippen molar-refractivity contribution >= 4 is 27.5 Å². The lowest BCUT2D eigenvalue weighted by atomic mass is 10.0. The molecule has 1 unspecified atom stereocenters. The van der Waals surface area contributed by atoms with Gasteiger partial charge in [0.25, 0.3) is 0 Å². The van der Waals surface area contributed by atoms with Crippen LogP contribution < -0.4 is 15.8 Å². The summed E-state index contributed by atoms with van der Waals surface area (Å²) in [6.07, 6.45) is 0.221.